The Hall–Kier alpha value is -3.09. The minimum absolute atomic E-state index is 0.136. The zero-order valence-electron chi connectivity index (χ0n) is 16.6. The van der Waals surface area contributed by atoms with Gasteiger partial charge in [-0.1, -0.05) is 26.0 Å². The van der Waals surface area contributed by atoms with Crippen LogP contribution in [0.4, 0.5) is 0 Å². The molecule has 3 aromatic rings. The molecule has 28 heavy (non-hydrogen) atoms. The second kappa shape index (κ2) is 9.21. The number of hydrogen-bond acceptors (Lipinski definition) is 5. The maximum Gasteiger partial charge on any atom is 0.251 e. The lowest BCUT2D eigenvalue weighted by molar-refractivity contribution is 0.0949. The molecule has 0 unspecified atom stereocenters. The van der Waals surface area contributed by atoms with Crippen LogP contribution < -0.4 is 5.32 Å². The van der Waals surface area contributed by atoms with Gasteiger partial charge < -0.3 is 9.88 Å². The molecule has 0 saturated carbocycles. The molecule has 1 aromatic carbocycles. The van der Waals surface area contributed by atoms with Crippen molar-refractivity contribution >= 4 is 5.91 Å². The number of carbonyl (C=O) groups excluding carboxylic acids is 1. The molecule has 146 valence electrons. The number of rotatable bonds is 8. The Bertz CT molecular complexity index is 932. The number of carbonyl (C=O) groups is 1. The zero-order valence-corrected chi connectivity index (χ0v) is 16.6. The van der Waals surface area contributed by atoms with Gasteiger partial charge in [-0.25, -0.2) is 9.97 Å². The first-order chi connectivity index (χ1) is 13.6. The van der Waals surface area contributed by atoms with Crippen molar-refractivity contribution in [2.45, 2.75) is 53.1 Å². The summed E-state index contributed by atoms with van der Waals surface area (Å²) in [6.45, 7) is 7.37. The molecule has 1 amide bonds. The van der Waals surface area contributed by atoms with E-state index in [9.17, 15) is 4.79 Å². The van der Waals surface area contributed by atoms with Gasteiger partial charge in [0.15, 0.2) is 5.82 Å². The third kappa shape index (κ3) is 4.79. The minimum Gasteiger partial charge on any atom is -0.345 e. The van der Waals surface area contributed by atoms with E-state index in [1.807, 2.05) is 41.8 Å². The standard InChI is InChI=1S/C21H26N6O/c1-4-6-19-24-15(3)12-18(25-19)16-7-9-17(10-8-16)21(28)22-13-20-26-23-14-27(20)11-5-2/h7-10,12,14H,4-6,11,13H2,1-3H3,(H,22,28). The number of aryl methyl sites for hydroxylation is 3. The second-order valence-electron chi connectivity index (χ2n) is 6.76. The highest BCUT2D eigenvalue weighted by molar-refractivity contribution is 5.94. The number of nitrogens with zero attached hydrogens (tertiary/aromatic N) is 5. The third-order valence-corrected chi connectivity index (χ3v) is 4.38. The first kappa shape index (κ1) is 19.7. The number of benzene rings is 1. The van der Waals surface area contributed by atoms with Crippen LogP contribution in [0.5, 0.6) is 0 Å². The van der Waals surface area contributed by atoms with E-state index >= 15 is 0 Å². The van der Waals surface area contributed by atoms with Crippen LogP contribution in [0.1, 0.15) is 54.4 Å². The average molecular weight is 378 g/mol. The van der Waals surface area contributed by atoms with Gasteiger partial charge in [0, 0.05) is 29.8 Å². The fourth-order valence-corrected chi connectivity index (χ4v) is 3.01. The molecule has 1 N–H and O–H groups in total. The predicted octanol–water partition coefficient (Wildman–Crippen LogP) is 3.34. The van der Waals surface area contributed by atoms with Crippen molar-refractivity contribution in [2.24, 2.45) is 0 Å². The summed E-state index contributed by atoms with van der Waals surface area (Å²) >= 11 is 0. The van der Waals surface area contributed by atoms with Crippen LogP contribution in [-0.4, -0.2) is 30.6 Å². The number of hydrogen-bond donors (Lipinski definition) is 1. The van der Waals surface area contributed by atoms with E-state index in [0.29, 0.717) is 12.1 Å². The van der Waals surface area contributed by atoms with E-state index in [4.69, 9.17) is 0 Å². The van der Waals surface area contributed by atoms with Crippen LogP contribution in [0.3, 0.4) is 0 Å². The molecule has 0 aliphatic heterocycles. The Balaban J connectivity index is 1.68. The van der Waals surface area contributed by atoms with Gasteiger partial charge in [0.05, 0.1) is 12.2 Å². The molecule has 0 aliphatic carbocycles. The Morgan fingerprint density at radius 2 is 1.89 bits per heavy atom. The highest BCUT2D eigenvalue weighted by Crippen LogP contribution is 2.19. The maximum atomic E-state index is 12.5. The van der Waals surface area contributed by atoms with E-state index in [0.717, 1.165) is 54.4 Å². The fourth-order valence-electron chi connectivity index (χ4n) is 3.01. The van der Waals surface area contributed by atoms with E-state index in [2.05, 4.69) is 39.3 Å². The Kier molecular flexibility index (Phi) is 6.47. The maximum absolute atomic E-state index is 12.5. The molecular formula is C21H26N6O. The first-order valence-corrected chi connectivity index (χ1v) is 9.70. The van der Waals surface area contributed by atoms with Crippen LogP contribution >= 0.6 is 0 Å². The lowest BCUT2D eigenvalue weighted by atomic mass is 10.1. The lowest BCUT2D eigenvalue weighted by Gasteiger charge is -2.08. The molecular weight excluding hydrogens is 352 g/mol. The van der Waals surface area contributed by atoms with Crippen LogP contribution in [0, 0.1) is 6.92 Å². The Morgan fingerprint density at radius 3 is 2.61 bits per heavy atom. The summed E-state index contributed by atoms with van der Waals surface area (Å²) in [5, 5.41) is 10.9. The van der Waals surface area contributed by atoms with Crippen molar-refractivity contribution in [3.63, 3.8) is 0 Å². The summed E-state index contributed by atoms with van der Waals surface area (Å²) < 4.78 is 1.95. The van der Waals surface area contributed by atoms with Crippen molar-refractivity contribution in [3.8, 4) is 11.3 Å². The number of amides is 1. The summed E-state index contributed by atoms with van der Waals surface area (Å²) in [6, 6.07) is 9.45. The zero-order chi connectivity index (χ0) is 19.9. The molecule has 0 radical (unpaired) electrons. The number of nitrogens with one attached hydrogen (secondary N) is 1. The molecule has 7 nitrogen and oxygen atoms in total. The van der Waals surface area contributed by atoms with Crippen LogP contribution in [0.15, 0.2) is 36.7 Å². The molecule has 0 aliphatic rings. The van der Waals surface area contributed by atoms with Gasteiger partial charge in [-0.15, -0.1) is 10.2 Å². The largest absolute Gasteiger partial charge is 0.345 e. The SMILES string of the molecule is CCCc1nc(C)cc(-c2ccc(C(=O)NCc3nncn3CCC)cc2)n1. The molecule has 0 saturated heterocycles. The van der Waals surface area contributed by atoms with E-state index in [1.165, 1.54) is 0 Å². The molecule has 0 spiro atoms. The Morgan fingerprint density at radius 1 is 1.11 bits per heavy atom. The molecule has 0 atom stereocenters. The summed E-state index contributed by atoms with van der Waals surface area (Å²) in [6.07, 6.45) is 4.55. The van der Waals surface area contributed by atoms with Crippen molar-refractivity contribution in [3.05, 3.63) is 59.6 Å². The van der Waals surface area contributed by atoms with Gasteiger partial charge in [0.1, 0.15) is 12.2 Å². The fraction of sp³-hybridized carbons (Fsp3) is 0.381. The van der Waals surface area contributed by atoms with Crippen LogP contribution in [0.2, 0.25) is 0 Å². The number of aromatic nitrogens is 5. The molecule has 7 heteroatoms. The van der Waals surface area contributed by atoms with Crippen molar-refractivity contribution in [1.29, 1.82) is 0 Å². The van der Waals surface area contributed by atoms with Gasteiger partial charge in [-0.2, -0.15) is 0 Å². The van der Waals surface area contributed by atoms with Gasteiger partial charge in [0.2, 0.25) is 0 Å². The molecule has 2 aromatic heterocycles. The van der Waals surface area contributed by atoms with Gasteiger partial charge in [-0.05, 0) is 38.0 Å². The van der Waals surface area contributed by atoms with Gasteiger partial charge in [-0.3, -0.25) is 4.79 Å². The van der Waals surface area contributed by atoms with E-state index in [1.54, 1.807) is 6.33 Å². The van der Waals surface area contributed by atoms with Gasteiger partial charge in [0.25, 0.3) is 5.91 Å². The van der Waals surface area contributed by atoms with Crippen molar-refractivity contribution < 1.29 is 4.79 Å². The second-order valence-corrected chi connectivity index (χ2v) is 6.76. The molecule has 0 fully saturated rings. The monoisotopic (exact) mass is 378 g/mol. The normalized spacial score (nSPS) is 10.8. The van der Waals surface area contributed by atoms with E-state index < -0.39 is 0 Å². The third-order valence-electron chi connectivity index (χ3n) is 4.38. The predicted molar refractivity (Wildman–Crippen MR) is 108 cm³/mol. The molecule has 3 rings (SSSR count). The van der Waals surface area contributed by atoms with Crippen LogP contribution in [-0.2, 0) is 19.5 Å². The van der Waals surface area contributed by atoms with Crippen LogP contribution in [0.25, 0.3) is 11.3 Å². The lowest BCUT2D eigenvalue weighted by Crippen LogP contribution is -2.24. The summed E-state index contributed by atoms with van der Waals surface area (Å²) in [5.41, 5.74) is 3.41. The van der Waals surface area contributed by atoms with Crippen molar-refractivity contribution in [1.82, 2.24) is 30.0 Å². The smallest absolute Gasteiger partial charge is 0.251 e. The van der Waals surface area contributed by atoms with Crippen molar-refractivity contribution in [2.75, 3.05) is 0 Å². The van der Waals surface area contributed by atoms with E-state index in [-0.39, 0.29) is 5.91 Å². The summed E-state index contributed by atoms with van der Waals surface area (Å²) in [7, 11) is 0. The first-order valence-electron chi connectivity index (χ1n) is 9.70. The highest BCUT2D eigenvalue weighted by atomic mass is 16.1. The summed E-state index contributed by atoms with van der Waals surface area (Å²) in [4.78, 5) is 21.6. The average Bonchev–Trinajstić information content (AvgIpc) is 3.13. The minimum atomic E-state index is -0.136. The summed E-state index contributed by atoms with van der Waals surface area (Å²) in [5.74, 6) is 1.48. The quantitative estimate of drug-likeness (QED) is 0.650. The highest BCUT2D eigenvalue weighted by Gasteiger charge is 2.10. The molecule has 2 heterocycles. The topological polar surface area (TPSA) is 85.6 Å². The van der Waals surface area contributed by atoms with Gasteiger partial charge >= 0.3 is 0 Å². The Labute approximate surface area is 165 Å². The molecule has 0 bridgehead atoms.